The molecule has 0 aliphatic carbocycles. The van der Waals surface area contributed by atoms with Gasteiger partial charge in [0.25, 0.3) is 5.91 Å². The predicted octanol–water partition coefficient (Wildman–Crippen LogP) is 4.92. The van der Waals surface area contributed by atoms with Crippen LogP contribution < -0.4 is 5.73 Å². The fourth-order valence-corrected chi connectivity index (χ4v) is 3.40. The van der Waals surface area contributed by atoms with E-state index in [1.165, 1.54) is 30.9 Å². The summed E-state index contributed by atoms with van der Waals surface area (Å²) in [7, 11) is 0. The predicted molar refractivity (Wildman–Crippen MR) is 116 cm³/mol. The van der Waals surface area contributed by atoms with E-state index in [1.807, 2.05) is 0 Å². The van der Waals surface area contributed by atoms with Crippen LogP contribution in [0.3, 0.4) is 0 Å². The summed E-state index contributed by atoms with van der Waals surface area (Å²) in [5.41, 5.74) is 2.16. The van der Waals surface area contributed by atoms with Crippen LogP contribution in [0.2, 0.25) is 0 Å². The number of nitrogens with two attached hydrogens (primary N) is 1. The molecule has 0 radical (unpaired) electrons. The first-order valence-electron chi connectivity index (χ1n) is 10.0. The third-order valence-corrected chi connectivity index (χ3v) is 4.97. The summed E-state index contributed by atoms with van der Waals surface area (Å²) in [6.07, 6.45) is -5.01. The number of nitrogens with zero attached hydrogens (tertiary/aromatic N) is 5. The lowest BCUT2D eigenvalue weighted by Gasteiger charge is -2.12. The first-order chi connectivity index (χ1) is 17.0. The molecular formula is C23H14F6N6O. The Balaban J connectivity index is 2.02. The Kier molecular flexibility index (Phi) is 6.31. The highest BCUT2D eigenvalue weighted by Crippen LogP contribution is 2.39. The molecule has 0 aliphatic rings. The molecule has 13 heteroatoms. The highest BCUT2D eigenvalue weighted by Gasteiger charge is 2.37. The van der Waals surface area contributed by atoms with E-state index in [1.54, 1.807) is 0 Å². The molecule has 2 aromatic heterocycles. The first-order valence-corrected chi connectivity index (χ1v) is 10.0. The molecule has 184 valence electrons. The van der Waals surface area contributed by atoms with Gasteiger partial charge in [0.05, 0.1) is 16.7 Å². The lowest BCUT2D eigenvalue weighted by atomic mass is 10.1. The molecule has 0 fully saturated rings. The van der Waals surface area contributed by atoms with Crippen molar-refractivity contribution in [3.63, 3.8) is 0 Å². The van der Waals surface area contributed by atoms with Gasteiger partial charge >= 0.3 is 12.4 Å². The molecule has 7 nitrogen and oxygen atoms in total. The Hall–Kier alpha value is -4.55. The Bertz CT molecular complexity index is 1440. The number of hydrogen-bond donors (Lipinski definition) is 1. The number of hydrogen-bond acceptors (Lipinski definition) is 5. The number of primary amides is 1. The van der Waals surface area contributed by atoms with Gasteiger partial charge in [0, 0.05) is 35.3 Å². The van der Waals surface area contributed by atoms with Crippen molar-refractivity contribution in [3.05, 3.63) is 83.9 Å². The Morgan fingerprint density at radius 1 is 0.833 bits per heavy atom. The van der Waals surface area contributed by atoms with Gasteiger partial charge < -0.3 is 5.73 Å². The van der Waals surface area contributed by atoms with Crippen molar-refractivity contribution in [2.45, 2.75) is 12.4 Å². The molecule has 0 unspecified atom stereocenters. The summed E-state index contributed by atoms with van der Waals surface area (Å²) in [4.78, 5) is 23.7. The van der Waals surface area contributed by atoms with Crippen molar-refractivity contribution in [2.75, 3.05) is 0 Å². The molecule has 2 aromatic carbocycles. The number of amides is 1. The summed E-state index contributed by atoms with van der Waals surface area (Å²) in [6, 6.07) is 8.69. The second-order valence-corrected chi connectivity index (χ2v) is 7.32. The van der Waals surface area contributed by atoms with Crippen LogP contribution in [0.15, 0.2) is 67.3 Å². The van der Waals surface area contributed by atoms with E-state index in [-0.39, 0.29) is 11.1 Å². The minimum absolute atomic E-state index is 0.104. The average molecular weight is 504 g/mol. The van der Waals surface area contributed by atoms with Crippen LogP contribution in [0.4, 0.5) is 26.3 Å². The Labute approximate surface area is 198 Å². The molecule has 1 amide bonds. The summed E-state index contributed by atoms with van der Waals surface area (Å²) in [6.45, 7) is 0. The van der Waals surface area contributed by atoms with Crippen LogP contribution in [0.5, 0.6) is 0 Å². The maximum Gasteiger partial charge on any atom is 0.417 e. The quantitative estimate of drug-likeness (QED) is 0.307. The zero-order chi connectivity index (χ0) is 26.1. The Morgan fingerprint density at radius 3 is 1.92 bits per heavy atom. The normalized spacial score (nSPS) is 12.6. The third-order valence-electron chi connectivity index (χ3n) is 4.97. The van der Waals surface area contributed by atoms with Crippen molar-refractivity contribution in [3.8, 4) is 22.8 Å². The molecule has 0 saturated carbocycles. The summed E-state index contributed by atoms with van der Waals surface area (Å²) in [5.74, 6) is -1.99. The van der Waals surface area contributed by atoms with E-state index >= 15 is 0 Å². The summed E-state index contributed by atoms with van der Waals surface area (Å²) in [5, 5.41) is 4.02. The third kappa shape index (κ3) is 4.94. The summed E-state index contributed by atoms with van der Waals surface area (Å²) < 4.78 is 82.9. The van der Waals surface area contributed by atoms with E-state index in [9.17, 15) is 31.1 Å². The molecule has 0 atom stereocenters. The fourth-order valence-electron chi connectivity index (χ4n) is 3.40. The average Bonchev–Trinajstić information content (AvgIpc) is 3.25. The van der Waals surface area contributed by atoms with Gasteiger partial charge in [0.2, 0.25) is 0 Å². The molecule has 2 N–H and O–H groups in total. The fraction of sp³-hybridized carbons (Fsp3) is 0.0870. The van der Waals surface area contributed by atoms with Crippen molar-refractivity contribution < 1.29 is 31.1 Å². The van der Waals surface area contributed by atoms with Crippen LogP contribution in [0.25, 0.3) is 34.5 Å². The highest BCUT2D eigenvalue weighted by atomic mass is 19.4. The Morgan fingerprint density at radius 2 is 1.36 bits per heavy atom. The van der Waals surface area contributed by atoms with E-state index in [2.05, 4.69) is 20.1 Å². The van der Waals surface area contributed by atoms with Gasteiger partial charge in [-0.05, 0) is 12.1 Å². The number of carbonyl (C=O) groups is 1. The summed E-state index contributed by atoms with van der Waals surface area (Å²) >= 11 is 0. The van der Waals surface area contributed by atoms with E-state index in [0.29, 0.717) is 0 Å². The number of benzene rings is 2. The minimum atomic E-state index is -4.82. The molecule has 0 bridgehead atoms. The van der Waals surface area contributed by atoms with Crippen molar-refractivity contribution in [2.24, 2.45) is 5.73 Å². The monoisotopic (exact) mass is 504 g/mol. The second kappa shape index (κ2) is 9.24. The van der Waals surface area contributed by atoms with Gasteiger partial charge in [-0.2, -0.15) is 26.3 Å². The van der Waals surface area contributed by atoms with E-state index in [0.717, 1.165) is 47.3 Å². The molecule has 2 heterocycles. The first kappa shape index (κ1) is 24.6. The number of halogens is 6. The molecular weight excluding hydrogens is 490 g/mol. The highest BCUT2D eigenvalue weighted by molar-refractivity contribution is 6.22. The van der Waals surface area contributed by atoms with Gasteiger partial charge in [-0.15, -0.1) is 5.10 Å². The zero-order valence-corrected chi connectivity index (χ0v) is 17.9. The van der Waals surface area contributed by atoms with Gasteiger partial charge in [0.15, 0.2) is 11.6 Å². The maximum absolute atomic E-state index is 13.8. The number of aromatic nitrogens is 5. The van der Waals surface area contributed by atoms with Gasteiger partial charge in [0.1, 0.15) is 6.33 Å². The maximum atomic E-state index is 13.8. The van der Waals surface area contributed by atoms with Crippen molar-refractivity contribution in [1.29, 1.82) is 0 Å². The minimum Gasteiger partial charge on any atom is -0.366 e. The molecule has 0 saturated heterocycles. The number of carbonyl (C=O) groups excluding carboxylic acids is 1. The van der Waals surface area contributed by atoms with Gasteiger partial charge in [-0.25, -0.2) is 19.6 Å². The topological polar surface area (TPSA) is 99.6 Å². The molecule has 36 heavy (non-hydrogen) atoms. The second-order valence-electron chi connectivity index (χ2n) is 7.32. The molecule has 0 aliphatic heterocycles. The van der Waals surface area contributed by atoms with Crippen molar-refractivity contribution >= 4 is 17.7 Å². The van der Waals surface area contributed by atoms with Crippen LogP contribution in [-0.2, 0) is 17.1 Å². The molecule has 0 spiro atoms. The van der Waals surface area contributed by atoms with Crippen molar-refractivity contribution in [1.82, 2.24) is 24.7 Å². The van der Waals surface area contributed by atoms with Crippen LogP contribution in [0, 0.1) is 0 Å². The number of alkyl halides is 6. The standard InChI is InChI=1S/C23H14F6N6O/c24-22(25,26)17-7-3-1-5-14(17)20-33-21(15-6-2-4-8-18(15)23(27,28)29)35(34-20)11-16(19(30)36)13-9-31-12-32-10-13/h1-12H,(H2,30,36). The lowest BCUT2D eigenvalue weighted by molar-refractivity contribution is -0.137. The largest absolute Gasteiger partial charge is 0.417 e. The smallest absolute Gasteiger partial charge is 0.366 e. The SMILES string of the molecule is NC(=O)C(=Cn1nc(-c2ccccc2C(F)(F)F)nc1-c1ccccc1C(F)(F)F)c1cncnc1. The van der Waals surface area contributed by atoms with Crippen LogP contribution >= 0.6 is 0 Å². The number of rotatable bonds is 5. The van der Waals surface area contributed by atoms with E-state index < -0.39 is 52.2 Å². The molecule has 4 rings (SSSR count). The zero-order valence-electron chi connectivity index (χ0n) is 17.9. The van der Waals surface area contributed by atoms with E-state index in [4.69, 9.17) is 5.73 Å². The lowest BCUT2D eigenvalue weighted by Crippen LogP contribution is -2.15. The van der Waals surface area contributed by atoms with Gasteiger partial charge in [-0.3, -0.25) is 4.79 Å². The van der Waals surface area contributed by atoms with Crippen LogP contribution in [0.1, 0.15) is 16.7 Å². The molecule has 4 aromatic rings. The van der Waals surface area contributed by atoms with Crippen LogP contribution in [-0.4, -0.2) is 30.6 Å². The van der Waals surface area contributed by atoms with Gasteiger partial charge in [-0.1, -0.05) is 36.4 Å².